The van der Waals surface area contributed by atoms with Gasteiger partial charge >= 0.3 is 6.18 Å². The van der Waals surface area contributed by atoms with Crippen molar-refractivity contribution >= 4 is 40.8 Å². The number of nitrogens with one attached hydrogen (secondary N) is 2. The first-order valence-electron chi connectivity index (χ1n) is 13.2. The standard InChI is InChI=1S/C28H32ClF3N6O3/c1-17(23-6-4-5-7-24(23)29)26(39)33-20-12-19(28(30,31)32)13-21(14-20)34-27(40)35-25-16-38(36-41-25)22-10-8-18(9-11-22)15-37(2)3/h4-7,12-14,16-18,22H,8-11,15H2,1-3H3,(H2-,33,34,35,36,39,40). The van der Waals surface area contributed by atoms with Crippen molar-refractivity contribution in [2.75, 3.05) is 31.3 Å². The zero-order valence-electron chi connectivity index (χ0n) is 22.9. The molecule has 1 atom stereocenters. The van der Waals surface area contributed by atoms with Gasteiger partial charge in [-0.05, 0) is 75.3 Å². The summed E-state index contributed by atoms with van der Waals surface area (Å²) in [5.74, 6) is -0.772. The number of hydrogen-bond donors (Lipinski definition) is 2. The van der Waals surface area contributed by atoms with Gasteiger partial charge in [0.25, 0.3) is 0 Å². The van der Waals surface area contributed by atoms with Gasteiger partial charge in [-0.15, -0.1) is 0 Å². The lowest BCUT2D eigenvalue weighted by molar-refractivity contribution is -0.787. The number of hydrogen-bond acceptors (Lipinski definition) is 5. The van der Waals surface area contributed by atoms with Gasteiger partial charge in [0, 0.05) is 30.1 Å². The van der Waals surface area contributed by atoms with E-state index in [1.165, 1.54) is 12.3 Å². The van der Waals surface area contributed by atoms with Gasteiger partial charge in [-0.25, -0.2) is 0 Å². The van der Waals surface area contributed by atoms with E-state index in [0.29, 0.717) is 16.5 Å². The lowest BCUT2D eigenvalue weighted by Gasteiger charge is -2.26. The average Bonchev–Trinajstić information content (AvgIpc) is 3.36. The number of urea groups is 1. The maximum absolute atomic E-state index is 13.6. The highest BCUT2D eigenvalue weighted by atomic mass is 35.5. The van der Waals surface area contributed by atoms with Crippen molar-refractivity contribution in [2.24, 2.45) is 5.92 Å². The van der Waals surface area contributed by atoms with Gasteiger partial charge in [0.05, 0.1) is 11.5 Å². The lowest BCUT2D eigenvalue weighted by atomic mass is 9.86. The van der Waals surface area contributed by atoms with Crippen LogP contribution in [-0.4, -0.2) is 42.7 Å². The van der Waals surface area contributed by atoms with Crippen LogP contribution in [0.15, 0.2) is 53.2 Å². The predicted octanol–water partition coefficient (Wildman–Crippen LogP) is 6.91. The van der Waals surface area contributed by atoms with Crippen LogP contribution in [-0.2, 0) is 11.0 Å². The van der Waals surface area contributed by atoms with Crippen LogP contribution in [0.2, 0.25) is 5.02 Å². The number of anilines is 2. The Bertz CT molecular complexity index is 1370. The molecule has 1 aromatic heterocycles. The van der Waals surface area contributed by atoms with Crippen molar-refractivity contribution in [3.05, 3.63) is 70.1 Å². The molecule has 2 aromatic carbocycles. The summed E-state index contributed by atoms with van der Waals surface area (Å²) >= 11 is 6.17. The Morgan fingerprint density at radius 1 is 1.12 bits per heavy atom. The van der Waals surface area contributed by atoms with Crippen molar-refractivity contribution in [3.63, 3.8) is 0 Å². The highest BCUT2D eigenvalue weighted by molar-refractivity contribution is 6.31. The molecule has 4 rings (SSSR count). The van der Waals surface area contributed by atoms with Crippen LogP contribution in [0, 0.1) is 5.92 Å². The van der Waals surface area contributed by atoms with E-state index < -0.39 is 29.6 Å². The fraction of sp³-hybridized carbons (Fsp3) is 0.429. The van der Waals surface area contributed by atoms with Crippen molar-refractivity contribution in [1.29, 1.82) is 0 Å². The Balaban J connectivity index is 1.41. The van der Waals surface area contributed by atoms with E-state index in [4.69, 9.17) is 16.1 Å². The number of carbonyl (C=O) groups is 2. The Morgan fingerprint density at radius 2 is 1.78 bits per heavy atom. The number of nitrogens with zero attached hydrogens (tertiary/aromatic N) is 4. The fourth-order valence-corrected chi connectivity index (χ4v) is 5.28. The fourth-order valence-electron chi connectivity index (χ4n) is 4.98. The zero-order chi connectivity index (χ0) is 29.7. The Kier molecular flexibility index (Phi) is 9.54. The third kappa shape index (κ3) is 8.20. The van der Waals surface area contributed by atoms with Crippen LogP contribution >= 0.6 is 11.6 Å². The molecule has 0 saturated heterocycles. The van der Waals surface area contributed by atoms with Crippen LogP contribution in [0.3, 0.4) is 0 Å². The van der Waals surface area contributed by atoms with E-state index in [-0.39, 0.29) is 23.3 Å². The second kappa shape index (κ2) is 12.9. The first-order valence-corrected chi connectivity index (χ1v) is 13.6. The summed E-state index contributed by atoms with van der Waals surface area (Å²) in [6.45, 7) is 2.61. The molecule has 3 amide bonds. The van der Waals surface area contributed by atoms with Crippen LogP contribution in [0.4, 0.5) is 35.2 Å². The lowest BCUT2D eigenvalue weighted by Crippen LogP contribution is -2.43. The van der Waals surface area contributed by atoms with Gasteiger partial charge in [0.1, 0.15) is 0 Å². The monoisotopic (exact) mass is 592 g/mol. The smallest absolute Gasteiger partial charge is 0.416 e. The van der Waals surface area contributed by atoms with Gasteiger partial charge < -0.3 is 25.4 Å². The van der Waals surface area contributed by atoms with Crippen LogP contribution in [0.25, 0.3) is 5.32 Å². The maximum atomic E-state index is 13.6. The SMILES string of the molecule is CC(C(=O)Nc1cc(NC(=O)[N-]c2c[n+](C3CCC(CN(C)C)CC3)no2)cc(C(F)(F)F)c1)c1ccccc1Cl. The third-order valence-electron chi connectivity index (χ3n) is 7.04. The summed E-state index contributed by atoms with van der Waals surface area (Å²) in [7, 11) is 4.10. The van der Waals surface area contributed by atoms with E-state index in [9.17, 15) is 22.8 Å². The summed E-state index contributed by atoms with van der Waals surface area (Å²) in [5, 5.41) is 12.9. The van der Waals surface area contributed by atoms with Crippen molar-refractivity contribution in [2.45, 2.75) is 50.7 Å². The van der Waals surface area contributed by atoms with E-state index in [2.05, 4.69) is 40.2 Å². The molecule has 0 radical (unpaired) electrons. The molecular formula is C28H32ClF3N6O3. The normalized spacial score (nSPS) is 18.1. The van der Waals surface area contributed by atoms with Gasteiger partial charge in [-0.3, -0.25) is 9.59 Å². The molecule has 1 saturated carbocycles. The van der Waals surface area contributed by atoms with Gasteiger partial charge in [0.2, 0.25) is 18.0 Å². The minimum atomic E-state index is -4.73. The Morgan fingerprint density at radius 3 is 2.41 bits per heavy atom. The first kappa shape index (κ1) is 30.3. The predicted molar refractivity (Wildman–Crippen MR) is 148 cm³/mol. The van der Waals surface area contributed by atoms with Crippen LogP contribution in [0.1, 0.15) is 55.7 Å². The molecule has 1 fully saturated rings. The van der Waals surface area contributed by atoms with E-state index in [0.717, 1.165) is 44.4 Å². The molecule has 2 N–H and O–H groups in total. The maximum Gasteiger partial charge on any atom is 0.416 e. The largest absolute Gasteiger partial charge is 0.424 e. The summed E-state index contributed by atoms with van der Waals surface area (Å²) in [4.78, 5) is 27.6. The molecule has 220 valence electrons. The first-order chi connectivity index (χ1) is 19.4. The number of benzene rings is 2. The Labute approximate surface area is 241 Å². The quantitative estimate of drug-likeness (QED) is 0.277. The molecule has 9 nitrogen and oxygen atoms in total. The summed E-state index contributed by atoms with van der Waals surface area (Å²) < 4.78 is 47.7. The number of carbonyl (C=O) groups excluding carboxylic acids is 2. The molecule has 1 aliphatic carbocycles. The van der Waals surface area contributed by atoms with Gasteiger partial charge in [0.15, 0.2) is 17.3 Å². The van der Waals surface area contributed by atoms with Crippen LogP contribution in [0.5, 0.6) is 0 Å². The minimum absolute atomic E-state index is 0.0769. The number of halogens is 4. The average molecular weight is 593 g/mol. The van der Waals surface area contributed by atoms with Crippen molar-refractivity contribution < 1.29 is 32.0 Å². The summed E-state index contributed by atoms with van der Waals surface area (Å²) in [5.41, 5.74) is -0.891. The molecule has 1 heterocycles. The molecule has 1 aliphatic rings. The van der Waals surface area contributed by atoms with Gasteiger partial charge in [-0.1, -0.05) is 34.5 Å². The van der Waals surface area contributed by atoms with Gasteiger partial charge in [-0.2, -0.15) is 13.2 Å². The topological polar surface area (TPSA) is 105 Å². The van der Waals surface area contributed by atoms with Crippen molar-refractivity contribution in [1.82, 2.24) is 10.2 Å². The second-order valence-corrected chi connectivity index (χ2v) is 10.9. The molecule has 0 aliphatic heterocycles. The number of alkyl halides is 3. The van der Waals surface area contributed by atoms with E-state index in [1.807, 2.05) is 0 Å². The summed E-state index contributed by atoms with van der Waals surface area (Å²) in [6, 6.07) is 8.62. The third-order valence-corrected chi connectivity index (χ3v) is 7.39. The molecule has 0 spiro atoms. The number of rotatable bonds is 8. The van der Waals surface area contributed by atoms with Crippen LogP contribution < -0.4 is 15.3 Å². The highest BCUT2D eigenvalue weighted by Gasteiger charge is 2.32. The summed E-state index contributed by atoms with van der Waals surface area (Å²) in [6.07, 6.45) is 0.686. The zero-order valence-corrected chi connectivity index (χ0v) is 23.7. The number of aromatic nitrogens is 2. The second-order valence-electron chi connectivity index (χ2n) is 10.5. The molecular weight excluding hydrogens is 561 g/mol. The molecule has 41 heavy (non-hydrogen) atoms. The van der Waals surface area contributed by atoms with E-state index in [1.54, 1.807) is 35.9 Å². The number of amides is 3. The minimum Gasteiger partial charge on any atom is -0.424 e. The molecule has 1 unspecified atom stereocenters. The molecule has 13 heteroatoms. The molecule has 3 aromatic rings. The highest BCUT2D eigenvalue weighted by Crippen LogP contribution is 2.35. The Hall–Kier alpha value is -3.64. The van der Waals surface area contributed by atoms with E-state index >= 15 is 0 Å². The van der Waals surface area contributed by atoms with Crippen molar-refractivity contribution in [3.8, 4) is 0 Å². The molecule has 0 bridgehead atoms.